The molecule has 1 aromatic carbocycles. The van der Waals surface area contributed by atoms with Crippen molar-refractivity contribution in [1.82, 2.24) is 0 Å². The van der Waals surface area contributed by atoms with Gasteiger partial charge in [0.2, 0.25) is 0 Å². The predicted octanol–water partition coefficient (Wildman–Crippen LogP) is 5.51. The summed E-state index contributed by atoms with van der Waals surface area (Å²) in [6.07, 6.45) is 8.98. The molecule has 2 rings (SSSR count). The summed E-state index contributed by atoms with van der Waals surface area (Å²) in [4.78, 5) is 0. The van der Waals surface area contributed by atoms with Gasteiger partial charge >= 0.3 is 0 Å². The minimum absolute atomic E-state index is 0.579. The standard InChI is InChI=1S/C18H25N/c1-3-8-14(2)17-12-7-11-16(13-19)18(17)15-9-5-4-6-10-15/h7,11-12,14-15H,3-6,8-10H2,1-2H3. The third-order valence-electron chi connectivity index (χ3n) is 4.53. The average Bonchev–Trinajstić information content (AvgIpc) is 2.47. The van der Waals surface area contributed by atoms with E-state index in [0.717, 1.165) is 5.56 Å². The molecule has 1 fully saturated rings. The van der Waals surface area contributed by atoms with Gasteiger partial charge in [-0.25, -0.2) is 0 Å². The average molecular weight is 255 g/mol. The Morgan fingerprint density at radius 3 is 2.63 bits per heavy atom. The number of hydrogen-bond donors (Lipinski definition) is 0. The van der Waals surface area contributed by atoms with Gasteiger partial charge in [-0.15, -0.1) is 0 Å². The van der Waals surface area contributed by atoms with Crippen molar-refractivity contribution in [1.29, 1.82) is 5.26 Å². The second-order valence-electron chi connectivity index (χ2n) is 5.94. The molecule has 0 radical (unpaired) electrons. The van der Waals surface area contributed by atoms with Crippen molar-refractivity contribution >= 4 is 0 Å². The third kappa shape index (κ3) is 3.18. The number of hydrogen-bond acceptors (Lipinski definition) is 1. The zero-order chi connectivity index (χ0) is 13.7. The summed E-state index contributed by atoms with van der Waals surface area (Å²) in [7, 11) is 0. The van der Waals surface area contributed by atoms with E-state index < -0.39 is 0 Å². The molecule has 0 aliphatic heterocycles. The summed E-state index contributed by atoms with van der Waals surface area (Å²) in [5.74, 6) is 1.20. The molecule has 19 heavy (non-hydrogen) atoms. The van der Waals surface area contributed by atoms with E-state index in [9.17, 15) is 5.26 Å². The van der Waals surface area contributed by atoms with Crippen LogP contribution in [0.4, 0.5) is 0 Å². The fourth-order valence-corrected chi connectivity index (χ4v) is 3.55. The molecule has 0 bridgehead atoms. The summed E-state index contributed by atoms with van der Waals surface area (Å²) in [6.45, 7) is 4.55. The van der Waals surface area contributed by atoms with Crippen molar-refractivity contribution in [3.05, 3.63) is 34.9 Å². The fourth-order valence-electron chi connectivity index (χ4n) is 3.55. The van der Waals surface area contributed by atoms with Gasteiger partial charge in [0.25, 0.3) is 0 Å². The molecule has 0 N–H and O–H groups in total. The smallest absolute Gasteiger partial charge is 0.0994 e. The zero-order valence-corrected chi connectivity index (χ0v) is 12.3. The molecule has 1 unspecified atom stereocenters. The van der Waals surface area contributed by atoms with Gasteiger partial charge in [0.05, 0.1) is 11.6 Å². The van der Waals surface area contributed by atoms with Crippen LogP contribution in [0.25, 0.3) is 0 Å². The molecule has 1 aliphatic rings. The summed E-state index contributed by atoms with van der Waals surface area (Å²) in [6, 6.07) is 8.75. The van der Waals surface area contributed by atoms with Gasteiger partial charge in [0, 0.05) is 0 Å². The Labute approximate surface area is 117 Å². The maximum absolute atomic E-state index is 9.44. The first kappa shape index (κ1) is 14.1. The van der Waals surface area contributed by atoms with Gasteiger partial charge in [0.1, 0.15) is 0 Å². The van der Waals surface area contributed by atoms with Crippen LogP contribution in [0.2, 0.25) is 0 Å². The van der Waals surface area contributed by atoms with Gasteiger partial charge in [-0.3, -0.25) is 0 Å². The summed E-state index contributed by atoms with van der Waals surface area (Å²) in [5, 5.41) is 9.44. The van der Waals surface area contributed by atoms with Crippen LogP contribution >= 0.6 is 0 Å². The van der Waals surface area contributed by atoms with E-state index >= 15 is 0 Å². The van der Waals surface area contributed by atoms with Crippen LogP contribution in [0.5, 0.6) is 0 Å². The Bertz CT molecular complexity index is 449. The summed E-state index contributed by atoms with van der Waals surface area (Å²) < 4.78 is 0. The molecule has 0 amide bonds. The highest BCUT2D eigenvalue weighted by molar-refractivity contribution is 5.46. The predicted molar refractivity (Wildman–Crippen MR) is 80.3 cm³/mol. The Morgan fingerprint density at radius 1 is 1.26 bits per heavy atom. The lowest BCUT2D eigenvalue weighted by Gasteiger charge is -2.27. The molecule has 1 saturated carbocycles. The first-order chi connectivity index (χ1) is 9.27. The van der Waals surface area contributed by atoms with E-state index in [0.29, 0.717) is 11.8 Å². The SMILES string of the molecule is CCCC(C)c1cccc(C#N)c1C1CCCCC1. The van der Waals surface area contributed by atoms with Crippen LogP contribution in [0, 0.1) is 11.3 Å². The number of nitrogens with zero attached hydrogens (tertiary/aromatic N) is 1. The van der Waals surface area contributed by atoms with E-state index in [4.69, 9.17) is 0 Å². The van der Waals surface area contributed by atoms with Gasteiger partial charge in [-0.05, 0) is 48.3 Å². The van der Waals surface area contributed by atoms with Gasteiger partial charge in [-0.2, -0.15) is 5.26 Å². The molecule has 102 valence electrons. The zero-order valence-electron chi connectivity index (χ0n) is 12.3. The molecule has 0 saturated heterocycles. The van der Waals surface area contributed by atoms with Crippen LogP contribution < -0.4 is 0 Å². The van der Waals surface area contributed by atoms with Crippen LogP contribution in [-0.4, -0.2) is 0 Å². The second kappa shape index (κ2) is 6.75. The number of rotatable bonds is 4. The first-order valence-electron chi connectivity index (χ1n) is 7.80. The van der Waals surface area contributed by atoms with E-state index in [2.05, 4.69) is 32.0 Å². The molecule has 1 atom stereocenters. The molecule has 1 aliphatic carbocycles. The van der Waals surface area contributed by atoms with Gasteiger partial charge < -0.3 is 0 Å². The van der Waals surface area contributed by atoms with Crippen molar-refractivity contribution in [2.75, 3.05) is 0 Å². The van der Waals surface area contributed by atoms with Crippen molar-refractivity contribution in [3.63, 3.8) is 0 Å². The molecule has 1 nitrogen and oxygen atoms in total. The van der Waals surface area contributed by atoms with E-state index in [-0.39, 0.29) is 0 Å². The largest absolute Gasteiger partial charge is 0.192 e. The second-order valence-corrected chi connectivity index (χ2v) is 5.94. The van der Waals surface area contributed by atoms with Crippen molar-refractivity contribution in [2.24, 2.45) is 0 Å². The highest BCUT2D eigenvalue weighted by Gasteiger charge is 2.23. The highest BCUT2D eigenvalue weighted by atomic mass is 14.3. The minimum atomic E-state index is 0.579. The molecular formula is C18H25N. The maximum Gasteiger partial charge on any atom is 0.0994 e. The normalized spacial score (nSPS) is 17.9. The quantitative estimate of drug-likeness (QED) is 0.696. The molecule has 1 aromatic rings. The Hall–Kier alpha value is -1.29. The lowest BCUT2D eigenvalue weighted by Crippen LogP contribution is -2.11. The van der Waals surface area contributed by atoms with E-state index in [1.54, 1.807) is 0 Å². The highest BCUT2D eigenvalue weighted by Crippen LogP contribution is 2.39. The number of nitriles is 1. The summed E-state index contributed by atoms with van der Waals surface area (Å²) >= 11 is 0. The van der Waals surface area contributed by atoms with Gasteiger partial charge in [0.15, 0.2) is 0 Å². The number of benzene rings is 1. The van der Waals surface area contributed by atoms with Crippen LogP contribution in [0.1, 0.15) is 87.3 Å². The minimum Gasteiger partial charge on any atom is -0.192 e. The summed E-state index contributed by atoms with van der Waals surface area (Å²) in [5.41, 5.74) is 3.74. The molecule has 1 heteroatoms. The van der Waals surface area contributed by atoms with Crippen LogP contribution in [0.3, 0.4) is 0 Å². The van der Waals surface area contributed by atoms with E-state index in [1.807, 2.05) is 6.07 Å². The monoisotopic (exact) mass is 255 g/mol. The molecule has 0 spiro atoms. The lowest BCUT2D eigenvalue weighted by atomic mass is 9.77. The van der Waals surface area contributed by atoms with Crippen molar-refractivity contribution in [3.8, 4) is 6.07 Å². The maximum atomic E-state index is 9.44. The van der Waals surface area contributed by atoms with E-state index in [1.165, 1.54) is 56.1 Å². The molecular weight excluding hydrogens is 230 g/mol. The Balaban J connectivity index is 2.39. The van der Waals surface area contributed by atoms with Crippen LogP contribution in [0.15, 0.2) is 18.2 Å². The van der Waals surface area contributed by atoms with Crippen LogP contribution in [-0.2, 0) is 0 Å². The van der Waals surface area contributed by atoms with Crippen molar-refractivity contribution in [2.45, 2.75) is 70.6 Å². The van der Waals surface area contributed by atoms with Gasteiger partial charge in [-0.1, -0.05) is 51.7 Å². The first-order valence-corrected chi connectivity index (χ1v) is 7.80. The Kier molecular flexibility index (Phi) is 5.02. The van der Waals surface area contributed by atoms with Crippen molar-refractivity contribution < 1.29 is 0 Å². The third-order valence-corrected chi connectivity index (χ3v) is 4.53. The molecule has 0 heterocycles. The topological polar surface area (TPSA) is 23.8 Å². The molecule has 0 aromatic heterocycles. The lowest BCUT2D eigenvalue weighted by molar-refractivity contribution is 0.438. The Morgan fingerprint density at radius 2 is 2.00 bits per heavy atom. The fraction of sp³-hybridized carbons (Fsp3) is 0.611.